The van der Waals surface area contributed by atoms with Crippen LogP contribution in [0.4, 0.5) is 5.69 Å². The number of nitrogens with zero attached hydrogens (tertiary/aromatic N) is 1. The van der Waals surface area contributed by atoms with Crippen molar-refractivity contribution >= 4 is 17.4 Å². The predicted octanol–water partition coefficient (Wildman–Crippen LogP) is 5.80. The fraction of sp³-hybridized carbons (Fsp3) is 0.286. The van der Waals surface area contributed by atoms with E-state index in [1.165, 1.54) is 0 Å². The third-order valence-corrected chi connectivity index (χ3v) is 3.79. The van der Waals surface area contributed by atoms with Gasteiger partial charge in [0.2, 0.25) is 5.78 Å². The molecule has 0 fully saturated rings. The summed E-state index contributed by atoms with van der Waals surface area (Å²) in [4.78, 5) is 24.6. The number of Topliss-reactive ketones (excluding diaryl/α,β-unsaturated/α-hetero) is 1. The normalized spacial score (nSPS) is 10.0. The summed E-state index contributed by atoms with van der Waals surface area (Å²) < 4.78 is 0. The molecule has 0 atom stereocenters. The molecule has 0 radical (unpaired) electrons. The minimum atomic E-state index is -0.716. The van der Waals surface area contributed by atoms with Gasteiger partial charge in [-0.25, -0.2) is 0 Å². The summed E-state index contributed by atoms with van der Waals surface area (Å²) in [6.07, 6.45) is 0. The summed E-state index contributed by atoms with van der Waals surface area (Å²) in [5.41, 5.74) is 3.00. The molecule has 0 saturated heterocycles. The van der Waals surface area contributed by atoms with E-state index in [1.807, 2.05) is 24.3 Å². The molecule has 0 aliphatic rings. The first kappa shape index (κ1) is 23.1. The van der Waals surface area contributed by atoms with Gasteiger partial charge in [-0.3, -0.25) is 4.79 Å². The Morgan fingerprint density at radius 3 is 1.72 bits per heavy atom. The number of carbonyl (C=O) groups is 2. The minimum Gasteiger partial charge on any atom is -0.619 e. The Bertz CT molecular complexity index is 683. The van der Waals surface area contributed by atoms with Crippen LogP contribution < -0.4 is 0 Å². The minimum absolute atomic E-state index is 0. The summed E-state index contributed by atoms with van der Waals surface area (Å²) in [6.45, 7) is 8.23. The molecule has 2 aromatic carbocycles. The fourth-order valence-electron chi connectivity index (χ4n) is 2.51. The molecule has 0 unspecified atom stereocenters. The second-order valence-corrected chi connectivity index (χ2v) is 6.21. The molecule has 0 spiro atoms. The van der Waals surface area contributed by atoms with E-state index in [0.717, 1.165) is 11.1 Å². The van der Waals surface area contributed by atoms with Crippen LogP contribution in [0.15, 0.2) is 48.5 Å². The Hall–Kier alpha value is -1.93. The van der Waals surface area contributed by atoms with E-state index >= 15 is 0 Å². The molecule has 1 amide bonds. The molecule has 0 N–H and O–H groups in total. The average molecular weight is 382 g/mol. The van der Waals surface area contributed by atoms with Crippen molar-refractivity contribution in [2.45, 2.75) is 39.5 Å². The van der Waals surface area contributed by atoms with E-state index in [2.05, 4.69) is 33.0 Å². The molecule has 0 aromatic heterocycles. The molecule has 2 rings (SSSR count). The Balaban J connectivity index is 0.00000288. The van der Waals surface area contributed by atoms with Crippen molar-refractivity contribution < 1.29 is 26.1 Å². The van der Waals surface area contributed by atoms with Crippen LogP contribution in [0.2, 0.25) is 0 Å². The molecular weight excluding hydrogens is 357 g/mol. The summed E-state index contributed by atoms with van der Waals surface area (Å²) in [5.74, 6) is -0.829. The van der Waals surface area contributed by atoms with Crippen molar-refractivity contribution in [1.82, 2.24) is 0 Å². The molecule has 0 heterocycles. The van der Waals surface area contributed by atoms with Gasteiger partial charge in [0.25, 0.3) is 0 Å². The van der Waals surface area contributed by atoms with Crippen LogP contribution in [0.5, 0.6) is 0 Å². The maximum absolute atomic E-state index is 12.3. The first-order valence-electron chi connectivity index (χ1n) is 7.90. The Kier molecular flexibility index (Phi) is 9.37. The first-order valence-corrected chi connectivity index (χ1v) is 7.90. The van der Waals surface area contributed by atoms with Gasteiger partial charge >= 0.3 is 16.5 Å². The van der Waals surface area contributed by atoms with Gasteiger partial charge in [0, 0.05) is 5.56 Å². The Morgan fingerprint density at radius 1 is 0.800 bits per heavy atom. The van der Waals surface area contributed by atoms with E-state index in [1.54, 1.807) is 24.3 Å². The molecule has 0 bridgehead atoms. The molecule has 4 heteroatoms. The van der Waals surface area contributed by atoms with Gasteiger partial charge in [-0.05, 0) is 11.8 Å². The molecule has 0 aliphatic carbocycles. The molecule has 2 aromatic rings. The summed E-state index contributed by atoms with van der Waals surface area (Å²) >= 11 is 0. The molecule has 3 nitrogen and oxygen atoms in total. The number of rotatable bonds is 5. The van der Waals surface area contributed by atoms with Gasteiger partial charge in [0.15, 0.2) is 0 Å². The van der Waals surface area contributed by atoms with E-state index < -0.39 is 11.7 Å². The molecule has 25 heavy (non-hydrogen) atoms. The summed E-state index contributed by atoms with van der Waals surface area (Å²) in [6, 6.07) is 14.5. The van der Waals surface area contributed by atoms with Crippen molar-refractivity contribution in [1.29, 1.82) is 0 Å². The first-order chi connectivity index (χ1) is 10.9. The van der Waals surface area contributed by atoms with Gasteiger partial charge in [0.1, 0.15) is 5.91 Å². The third-order valence-electron chi connectivity index (χ3n) is 3.79. The number of ketones is 1. The maximum atomic E-state index is 12.3. The van der Waals surface area contributed by atoms with Crippen LogP contribution in [0.1, 0.15) is 61.0 Å². The van der Waals surface area contributed by atoms with Gasteiger partial charge in [-0.15, -0.1) is 5.69 Å². The second kappa shape index (κ2) is 10.2. The van der Waals surface area contributed by atoms with Gasteiger partial charge in [-0.2, -0.15) is 0 Å². The molecule has 0 aliphatic heterocycles. The zero-order chi connectivity index (χ0) is 17.0. The number of benzene rings is 2. The van der Waals surface area contributed by atoms with Gasteiger partial charge < -0.3 is 17.5 Å². The SMILES string of the molecule is CC(C)c1cccc(C(C)C)c1[N-]C(=O)C(=O)c1ccccc1.[CH3-].[Ni+2]. The number of hydrogen-bond acceptors (Lipinski definition) is 2. The van der Waals surface area contributed by atoms with Crippen LogP contribution in [-0.2, 0) is 21.3 Å². The summed E-state index contributed by atoms with van der Waals surface area (Å²) in [7, 11) is 0. The van der Waals surface area contributed by atoms with E-state index in [4.69, 9.17) is 0 Å². The molecule has 0 saturated carbocycles. The topological polar surface area (TPSA) is 48.2 Å². The van der Waals surface area contributed by atoms with Crippen molar-refractivity contribution in [3.05, 3.63) is 78.0 Å². The number of para-hydroxylation sites is 1. The van der Waals surface area contributed by atoms with Crippen LogP contribution in [-0.4, -0.2) is 11.7 Å². The molecular formula is C21H25NNiO2. The Morgan fingerprint density at radius 2 is 1.28 bits per heavy atom. The second-order valence-electron chi connectivity index (χ2n) is 6.21. The van der Waals surface area contributed by atoms with Crippen LogP contribution in [0, 0.1) is 7.43 Å². The number of hydrogen-bond donors (Lipinski definition) is 0. The van der Waals surface area contributed by atoms with Crippen molar-refractivity contribution in [3.63, 3.8) is 0 Å². The zero-order valence-corrected chi connectivity index (χ0v) is 16.3. The maximum Gasteiger partial charge on any atom is 2.00 e. The predicted molar refractivity (Wildman–Crippen MR) is 99.8 cm³/mol. The summed E-state index contributed by atoms with van der Waals surface area (Å²) in [5, 5.41) is 4.19. The number of carbonyl (C=O) groups excluding carboxylic acids is 2. The fourth-order valence-corrected chi connectivity index (χ4v) is 2.51. The molecule has 136 valence electrons. The monoisotopic (exact) mass is 381 g/mol. The van der Waals surface area contributed by atoms with Crippen LogP contribution >= 0.6 is 0 Å². The van der Waals surface area contributed by atoms with Gasteiger partial charge in [-0.1, -0.05) is 87.4 Å². The number of amides is 1. The van der Waals surface area contributed by atoms with Crippen molar-refractivity contribution in [2.24, 2.45) is 0 Å². The third kappa shape index (κ3) is 5.54. The zero-order valence-electron chi connectivity index (χ0n) is 15.4. The van der Waals surface area contributed by atoms with Crippen molar-refractivity contribution in [2.75, 3.05) is 0 Å². The quantitative estimate of drug-likeness (QED) is 0.284. The van der Waals surface area contributed by atoms with E-state index in [9.17, 15) is 9.59 Å². The van der Waals surface area contributed by atoms with Crippen molar-refractivity contribution in [3.8, 4) is 0 Å². The van der Waals surface area contributed by atoms with Crippen LogP contribution in [0.25, 0.3) is 5.32 Å². The smallest absolute Gasteiger partial charge is 0.619 e. The average Bonchev–Trinajstić information content (AvgIpc) is 2.54. The van der Waals surface area contributed by atoms with E-state index in [0.29, 0.717) is 11.3 Å². The van der Waals surface area contributed by atoms with Gasteiger partial charge in [0.05, 0.1) is 0 Å². The standard InChI is InChI=1S/C20H23NO2.CH3.Ni/c1-13(2)16-11-8-12-17(14(3)4)18(16)21-20(23)19(22)15-9-6-5-7-10-15;;/h5-14H,1-4H3,(H,21,23);1H3;/q;-1;+2/p-1. The largest absolute Gasteiger partial charge is 2.00 e. The van der Waals surface area contributed by atoms with E-state index in [-0.39, 0.29) is 35.8 Å². The van der Waals surface area contributed by atoms with Crippen LogP contribution in [0.3, 0.4) is 0 Å². The Labute approximate surface area is 161 Å².